The van der Waals surface area contributed by atoms with Crippen LogP contribution in [0.3, 0.4) is 0 Å². The Labute approximate surface area is 608 Å². The maximum Gasteiger partial charge on any atom is 0.501 e. The van der Waals surface area contributed by atoms with E-state index >= 15 is 0 Å². The minimum Gasteiger partial charge on any atom is -0.382 e. The Morgan fingerprint density at radius 1 is 0.796 bits per heavy atom. The molecule has 3 aliphatic heterocycles. The molecule has 0 saturated carbocycles. The van der Waals surface area contributed by atoms with Gasteiger partial charge in [-0.15, -0.1) is 16.9 Å². The van der Waals surface area contributed by atoms with Gasteiger partial charge >= 0.3 is 5.51 Å². The number of ether oxygens (including phenoxy) is 3. The van der Waals surface area contributed by atoms with Crippen LogP contribution in [0, 0.1) is 5.41 Å². The molecule has 2 saturated heterocycles. The molecular formula is C73H89ClF3N11O12S3. The number of thioether (sulfide) groups is 1. The van der Waals surface area contributed by atoms with Gasteiger partial charge in [0.05, 0.1) is 67.5 Å². The van der Waals surface area contributed by atoms with Gasteiger partial charge in [-0.2, -0.15) is 13.2 Å². The molecule has 2 atom stereocenters. The second-order valence-electron chi connectivity index (χ2n) is 27.0. The Morgan fingerprint density at radius 3 is 2.23 bits per heavy atom. The van der Waals surface area contributed by atoms with Gasteiger partial charge in [-0.25, -0.2) is 21.6 Å². The molecule has 0 radical (unpaired) electrons. The standard InChI is InChI=1S/C73H89ClF3N11O12S3/c1-72(2)31-29-60(51-17-21-54(74)22-18-51)53(46-72)47-85-36-38-86(39-37-85)57-23-19-52(20-24-57)68(90)82-103(96,97)59-25-26-62(65(45-59)102(94,95)73(75,76)77)79-55(50-101-58-13-8-7-9-14-58)30-35-84(3)33-10-5-4-6-11-34-87-48-56(81-83-87)49-100-44-43-99-42-41-98-40-32-78-63-16-12-15-61-67(63)71(93)88(70(61)92)64-27-28-66(89)80-69(64)91/h7-9,12-26,45,48,55,64,78-79H,4-6,10-11,27-44,46-47,49-50H2,1-3H3,(H,82,90)(H,80,89,91)/t55-,64?/m1/s1. The Kier molecular flexibility index (Phi) is 27.1. The monoisotopic (exact) mass is 1500 g/mol. The first-order valence-electron chi connectivity index (χ1n) is 34.7. The van der Waals surface area contributed by atoms with Crippen LogP contribution in [0.4, 0.5) is 30.2 Å². The summed E-state index contributed by atoms with van der Waals surface area (Å²) in [4.78, 5) is 70.5. The quantitative estimate of drug-likeness (QED) is 0.0160. The molecule has 5 amide bonds. The van der Waals surface area contributed by atoms with Crippen molar-refractivity contribution in [3.05, 3.63) is 160 Å². The van der Waals surface area contributed by atoms with Crippen LogP contribution in [-0.4, -0.2) is 192 Å². The summed E-state index contributed by atoms with van der Waals surface area (Å²) >= 11 is 7.66. The van der Waals surface area contributed by atoms with Crippen LogP contribution in [0.5, 0.6) is 0 Å². The number of anilines is 3. The lowest BCUT2D eigenvalue weighted by Gasteiger charge is -2.39. The molecule has 30 heteroatoms. The van der Waals surface area contributed by atoms with Crippen molar-refractivity contribution in [3.8, 4) is 0 Å². The van der Waals surface area contributed by atoms with Gasteiger partial charge in [0.25, 0.3) is 37.6 Å². The van der Waals surface area contributed by atoms with E-state index in [-0.39, 0.29) is 48.2 Å². The molecule has 1 aromatic heterocycles. The zero-order valence-corrected chi connectivity index (χ0v) is 61.3. The van der Waals surface area contributed by atoms with Crippen LogP contribution in [-0.2, 0) is 56.8 Å². The fraction of sp³-hybridized carbons (Fsp3) is 0.466. The zero-order chi connectivity index (χ0) is 73.3. The topological polar surface area (TPSA) is 273 Å². The number of allylic oxidation sites excluding steroid dienone is 1. The lowest BCUT2D eigenvalue weighted by Crippen LogP contribution is -2.54. The molecule has 5 aromatic carbocycles. The van der Waals surface area contributed by atoms with Gasteiger partial charge in [0.1, 0.15) is 16.6 Å². The summed E-state index contributed by atoms with van der Waals surface area (Å²) in [5.74, 6) is -3.00. The third kappa shape index (κ3) is 21.3. The van der Waals surface area contributed by atoms with E-state index in [0.29, 0.717) is 93.8 Å². The summed E-state index contributed by atoms with van der Waals surface area (Å²) in [5, 5.41) is 17.5. The predicted molar refractivity (Wildman–Crippen MR) is 388 cm³/mol. The summed E-state index contributed by atoms with van der Waals surface area (Å²) in [6, 6.07) is 29.4. The van der Waals surface area contributed by atoms with Gasteiger partial charge in [-0.05, 0) is 160 Å². The third-order valence-corrected chi connectivity index (χ3v) is 23.0. The first kappa shape index (κ1) is 77.9. The smallest absolute Gasteiger partial charge is 0.382 e. The van der Waals surface area contributed by atoms with Crippen molar-refractivity contribution in [2.45, 2.75) is 130 Å². The largest absolute Gasteiger partial charge is 0.501 e. The highest BCUT2D eigenvalue weighted by Gasteiger charge is 2.49. The molecule has 2 fully saturated rings. The van der Waals surface area contributed by atoms with E-state index < -0.39 is 82.5 Å². The number of carbonyl (C=O) groups excluding carboxylic acids is 5. The number of imide groups is 2. The van der Waals surface area contributed by atoms with Crippen LogP contribution < -0.4 is 25.6 Å². The summed E-state index contributed by atoms with van der Waals surface area (Å²) in [6.07, 6.45) is 10.1. The second kappa shape index (κ2) is 35.8. The fourth-order valence-corrected chi connectivity index (χ4v) is 16.2. The molecule has 0 spiro atoms. The molecule has 10 rings (SSSR count). The number of piperazine rings is 1. The average molecular weight is 1500 g/mol. The molecule has 4 N–H and O–H groups in total. The molecule has 6 aromatic rings. The second-order valence-corrected chi connectivity index (χ2v) is 32.1. The van der Waals surface area contributed by atoms with Crippen molar-refractivity contribution in [2.24, 2.45) is 5.41 Å². The van der Waals surface area contributed by atoms with Gasteiger partial charge in [0.2, 0.25) is 11.8 Å². The minimum absolute atomic E-state index is 0.0228. The number of nitrogens with zero attached hydrogens (tertiary/aromatic N) is 7. The van der Waals surface area contributed by atoms with Crippen LogP contribution in [0.15, 0.2) is 142 Å². The molecule has 4 heterocycles. The average Bonchev–Trinajstić information content (AvgIpc) is 0.944. The van der Waals surface area contributed by atoms with Crippen molar-refractivity contribution >= 4 is 95.4 Å². The molecule has 554 valence electrons. The van der Waals surface area contributed by atoms with Crippen molar-refractivity contribution in [1.82, 2.24) is 39.7 Å². The highest BCUT2D eigenvalue weighted by Crippen LogP contribution is 2.43. The minimum atomic E-state index is -6.13. The lowest BCUT2D eigenvalue weighted by molar-refractivity contribution is -0.136. The summed E-state index contributed by atoms with van der Waals surface area (Å²) in [5.41, 5.74) is 0.295. The maximum absolute atomic E-state index is 14.5. The van der Waals surface area contributed by atoms with E-state index in [9.17, 15) is 54.0 Å². The normalized spacial score (nSPS) is 17.1. The number of carbonyl (C=O) groups is 5. The first-order chi connectivity index (χ1) is 49.3. The number of sulfonamides is 1. The lowest BCUT2D eigenvalue weighted by atomic mass is 9.73. The van der Waals surface area contributed by atoms with Crippen molar-refractivity contribution in [3.63, 3.8) is 0 Å². The van der Waals surface area contributed by atoms with Gasteiger partial charge in [0, 0.05) is 90.9 Å². The first-order valence-corrected chi connectivity index (χ1v) is 39.1. The van der Waals surface area contributed by atoms with Gasteiger partial charge in [-0.1, -0.05) is 91.9 Å². The SMILES string of the molecule is CN(CCCCCCCn1cc(COCCOCCOCCNc2cccc3c2C(=O)N(C2CCC(=O)NC2=O)C3=O)nn1)CC[C@H](CSc1ccccc1)Nc1ccc(S(=O)(=O)NC(=O)c2ccc(N3CCN(CC4=C(c5ccc(Cl)cc5)CCC(C)(C)C4)CC3)cc2)cc1S(=O)(=O)C(F)(F)F. The maximum atomic E-state index is 14.5. The van der Waals surface area contributed by atoms with Crippen LogP contribution in [0.25, 0.3) is 5.57 Å². The molecule has 1 aliphatic carbocycles. The number of piperidine rings is 1. The van der Waals surface area contributed by atoms with Crippen LogP contribution in [0.2, 0.25) is 5.02 Å². The number of sulfone groups is 1. The number of aryl methyl sites for hydroxylation is 1. The van der Waals surface area contributed by atoms with E-state index in [4.69, 9.17) is 25.8 Å². The molecule has 103 heavy (non-hydrogen) atoms. The molecular weight excluding hydrogens is 1410 g/mol. The number of halogens is 4. The third-order valence-electron chi connectivity index (χ3n) is 18.7. The number of unbranched alkanes of at least 4 members (excludes halogenated alkanes) is 4. The van der Waals surface area contributed by atoms with Crippen LogP contribution >= 0.6 is 23.4 Å². The number of nitrogens with one attached hydrogen (secondary N) is 4. The number of rotatable bonds is 37. The van der Waals surface area contributed by atoms with Gasteiger partial charge in [-0.3, -0.25) is 43.8 Å². The highest BCUT2D eigenvalue weighted by atomic mass is 35.5. The zero-order valence-electron chi connectivity index (χ0n) is 58.1. The molecule has 23 nitrogen and oxygen atoms in total. The molecule has 0 bridgehead atoms. The Hall–Kier alpha value is -7.74. The van der Waals surface area contributed by atoms with Crippen molar-refractivity contribution in [1.29, 1.82) is 0 Å². The number of aromatic nitrogens is 3. The summed E-state index contributed by atoms with van der Waals surface area (Å²) < 4.78 is 119. The van der Waals surface area contributed by atoms with E-state index in [1.54, 1.807) is 28.9 Å². The Morgan fingerprint density at radius 2 is 1.50 bits per heavy atom. The fourth-order valence-electron chi connectivity index (χ4n) is 13.1. The summed E-state index contributed by atoms with van der Waals surface area (Å²) in [6.45, 7) is 12.6. The van der Waals surface area contributed by atoms with E-state index in [2.05, 4.69) is 66.9 Å². The Balaban J connectivity index is 0.622. The Bertz CT molecular complexity index is 4200. The number of fused-ring (bicyclic) bond motifs is 1. The van der Waals surface area contributed by atoms with E-state index in [1.165, 1.54) is 46.7 Å². The number of hydrogen-bond acceptors (Lipinski definition) is 20. The number of alkyl halides is 3. The molecule has 4 aliphatic rings. The number of amides is 5. The predicted octanol–water partition coefficient (Wildman–Crippen LogP) is 10.7. The van der Waals surface area contributed by atoms with E-state index in [1.807, 2.05) is 60.4 Å². The highest BCUT2D eigenvalue weighted by molar-refractivity contribution is 7.99. The summed E-state index contributed by atoms with van der Waals surface area (Å²) in [7, 11) is -9.09. The van der Waals surface area contributed by atoms with Crippen molar-refractivity contribution in [2.75, 3.05) is 114 Å². The molecule has 1 unspecified atom stereocenters. The van der Waals surface area contributed by atoms with Gasteiger partial charge in [0.15, 0.2) is 0 Å². The van der Waals surface area contributed by atoms with E-state index in [0.717, 1.165) is 105 Å². The number of benzene rings is 5. The van der Waals surface area contributed by atoms with Crippen molar-refractivity contribution < 1.29 is 68.2 Å². The van der Waals surface area contributed by atoms with Crippen LogP contribution in [0.1, 0.15) is 127 Å². The number of hydrogen-bond donors (Lipinski definition) is 4. The van der Waals surface area contributed by atoms with Gasteiger partial charge < -0.3 is 34.6 Å².